The molecule has 1 fully saturated rings. The number of hydrogen-bond acceptors (Lipinski definition) is 4. The van der Waals surface area contributed by atoms with Gasteiger partial charge < -0.3 is 5.32 Å². The molecule has 0 spiro atoms. The molecule has 0 aliphatic carbocycles. The Hall–Kier alpha value is -1.00. The highest BCUT2D eigenvalue weighted by molar-refractivity contribution is 4.98. The van der Waals surface area contributed by atoms with E-state index in [-0.39, 0.29) is 0 Å². The zero-order valence-corrected chi connectivity index (χ0v) is 8.48. The summed E-state index contributed by atoms with van der Waals surface area (Å²) in [5, 5.41) is 3.36. The van der Waals surface area contributed by atoms with Crippen LogP contribution in [-0.4, -0.2) is 41.0 Å². The molecule has 0 bridgehead atoms. The van der Waals surface area contributed by atoms with Crippen LogP contribution in [0.3, 0.4) is 0 Å². The summed E-state index contributed by atoms with van der Waals surface area (Å²) in [7, 11) is 2.15. The molecular formula is C10H16N4. The van der Waals surface area contributed by atoms with E-state index >= 15 is 0 Å². The zero-order valence-electron chi connectivity index (χ0n) is 8.48. The fraction of sp³-hybridized carbons (Fsp3) is 0.600. The lowest BCUT2D eigenvalue weighted by molar-refractivity contribution is 0.246. The number of hydrogen-bond donors (Lipinski definition) is 1. The minimum Gasteiger partial charge on any atom is -0.315 e. The van der Waals surface area contributed by atoms with E-state index in [2.05, 4.69) is 27.2 Å². The van der Waals surface area contributed by atoms with Gasteiger partial charge in [-0.1, -0.05) is 0 Å². The lowest BCUT2D eigenvalue weighted by Gasteiger charge is -2.22. The Morgan fingerprint density at radius 2 is 2.57 bits per heavy atom. The highest BCUT2D eigenvalue weighted by Crippen LogP contribution is 2.08. The molecule has 2 heterocycles. The van der Waals surface area contributed by atoms with Crippen LogP contribution in [0.2, 0.25) is 0 Å². The zero-order chi connectivity index (χ0) is 9.80. The Balaban J connectivity index is 1.90. The number of nitrogens with one attached hydrogen (secondary N) is 1. The molecule has 4 heteroatoms. The Bertz CT molecular complexity index is 269. The van der Waals surface area contributed by atoms with Crippen LogP contribution in [0.15, 0.2) is 18.6 Å². The molecule has 1 saturated heterocycles. The Morgan fingerprint density at radius 1 is 1.64 bits per heavy atom. The van der Waals surface area contributed by atoms with Crippen LogP contribution in [0, 0.1) is 0 Å². The van der Waals surface area contributed by atoms with Gasteiger partial charge in [-0.25, -0.2) is 9.97 Å². The first kappa shape index (κ1) is 9.55. The van der Waals surface area contributed by atoms with Crippen LogP contribution in [0.5, 0.6) is 0 Å². The van der Waals surface area contributed by atoms with E-state index in [1.807, 2.05) is 6.07 Å². The molecule has 0 radical (unpaired) electrons. The quantitative estimate of drug-likeness (QED) is 0.746. The van der Waals surface area contributed by atoms with Crippen LogP contribution >= 0.6 is 0 Å². The first-order valence-corrected chi connectivity index (χ1v) is 5.02. The normalized spacial score (nSPS) is 21.7. The van der Waals surface area contributed by atoms with Crippen molar-refractivity contribution in [3.8, 4) is 0 Å². The predicted octanol–water partition coefficient (Wildman–Crippen LogP) is 0.270. The van der Waals surface area contributed by atoms with Gasteiger partial charge in [0.15, 0.2) is 0 Å². The molecule has 1 unspecified atom stereocenters. The fourth-order valence-corrected chi connectivity index (χ4v) is 1.81. The van der Waals surface area contributed by atoms with Crippen LogP contribution in [-0.2, 0) is 6.54 Å². The third-order valence-corrected chi connectivity index (χ3v) is 2.71. The van der Waals surface area contributed by atoms with Gasteiger partial charge in [-0.3, -0.25) is 4.90 Å². The summed E-state index contributed by atoms with van der Waals surface area (Å²) < 4.78 is 0. The second kappa shape index (κ2) is 4.48. The number of aromatic nitrogens is 2. The third kappa shape index (κ3) is 2.27. The topological polar surface area (TPSA) is 41.1 Å². The Labute approximate surface area is 84.4 Å². The van der Waals surface area contributed by atoms with E-state index in [9.17, 15) is 0 Å². The van der Waals surface area contributed by atoms with Crippen molar-refractivity contribution in [2.75, 3.05) is 20.1 Å². The Morgan fingerprint density at radius 3 is 3.21 bits per heavy atom. The summed E-state index contributed by atoms with van der Waals surface area (Å²) in [5.41, 5.74) is 1.09. The molecule has 0 aromatic carbocycles. The Kier molecular flexibility index (Phi) is 3.06. The molecule has 1 aliphatic rings. The highest BCUT2D eigenvalue weighted by Gasteiger charge is 2.18. The van der Waals surface area contributed by atoms with Crippen molar-refractivity contribution < 1.29 is 0 Å². The van der Waals surface area contributed by atoms with E-state index in [0.29, 0.717) is 6.04 Å². The van der Waals surface area contributed by atoms with Crippen molar-refractivity contribution >= 4 is 0 Å². The maximum Gasteiger partial charge on any atom is 0.115 e. The third-order valence-electron chi connectivity index (χ3n) is 2.71. The second-order valence-corrected chi connectivity index (χ2v) is 3.76. The van der Waals surface area contributed by atoms with Crippen LogP contribution in [0.1, 0.15) is 12.1 Å². The van der Waals surface area contributed by atoms with Gasteiger partial charge in [0.05, 0.1) is 5.69 Å². The fourth-order valence-electron chi connectivity index (χ4n) is 1.81. The van der Waals surface area contributed by atoms with Gasteiger partial charge in [-0.05, 0) is 26.1 Å². The van der Waals surface area contributed by atoms with Crippen molar-refractivity contribution in [1.82, 2.24) is 20.2 Å². The van der Waals surface area contributed by atoms with Crippen molar-refractivity contribution in [3.05, 3.63) is 24.3 Å². The number of nitrogens with zero attached hydrogens (tertiary/aromatic N) is 3. The summed E-state index contributed by atoms with van der Waals surface area (Å²) in [6.45, 7) is 3.15. The van der Waals surface area contributed by atoms with Gasteiger partial charge in [-0.2, -0.15) is 0 Å². The summed E-state index contributed by atoms with van der Waals surface area (Å²) in [6, 6.07) is 2.63. The summed E-state index contributed by atoms with van der Waals surface area (Å²) in [6.07, 6.45) is 4.64. The van der Waals surface area contributed by atoms with Gasteiger partial charge in [-0.15, -0.1) is 0 Å². The van der Waals surface area contributed by atoms with E-state index in [1.165, 1.54) is 6.42 Å². The lowest BCUT2D eigenvalue weighted by atomic mass is 10.2. The van der Waals surface area contributed by atoms with E-state index in [0.717, 1.165) is 25.3 Å². The van der Waals surface area contributed by atoms with Gasteiger partial charge >= 0.3 is 0 Å². The second-order valence-electron chi connectivity index (χ2n) is 3.76. The summed E-state index contributed by atoms with van der Waals surface area (Å²) in [5.74, 6) is 0. The largest absolute Gasteiger partial charge is 0.315 e. The standard InChI is InChI=1S/C10H16N4/c1-14(10-3-5-11-6-10)7-9-2-4-12-8-13-9/h2,4,8,10-11H,3,5-7H2,1H3. The predicted molar refractivity (Wildman–Crippen MR) is 54.8 cm³/mol. The maximum atomic E-state index is 4.22. The molecular weight excluding hydrogens is 176 g/mol. The summed E-state index contributed by atoms with van der Waals surface area (Å²) >= 11 is 0. The molecule has 0 saturated carbocycles. The van der Waals surface area contributed by atoms with Crippen molar-refractivity contribution in [3.63, 3.8) is 0 Å². The van der Waals surface area contributed by atoms with E-state index in [4.69, 9.17) is 0 Å². The summed E-state index contributed by atoms with van der Waals surface area (Å²) in [4.78, 5) is 10.5. The van der Waals surface area contributed by atoms with Gasteiger partial charge in [0.2, 0.25) is 0 Å². The van der Waals surface area contributed by atoms with E-state index < -0.39 is 0 Å². The van der Waals surface area contributed by atoms with Crippen molar-refractivity contribution in [1.29, 1.82) is 0 Å². The first-order chi connectivity index (χ1) is 6.86. The molecule has 2 rings (SSSR count). The van der Waals surface area contributed by atoms with Crippen LogP contribution in [0.4, 0.5) is 0 Å². The molecule has 1 N–H and O–H groups in total. The SMILES string of the molecule is CN(Cc1ccncn1)C1CCNC1. The van der Waals surface area contributed by atoms with Gasteiger partial charge in [0, 0.05) is 25.3 Å². The maximum absolute atomic E-state index is 4.22. The van der Waals surface area contributed by atoms with Gasteiger partial charge in [0.1, 0.15) is 6.33 Å². The minimum absolute atomic E-state index is 0.657. The molecule has 14 heavy (non-hydrogen) atoms. The molecule has 0 amide bonds. The number of rotatable bonds is 3. The monoisotopic (exact) mass is 192 g/mol. The smallest absolute Gasteiger partial charge is 0.115 e. The molecule has 4 nitrogen and oxygen atoms in total. The lowest BCUT2D eigenvalue weighted by Crippen LogP contribution is -2.33. The first-order valence-electron chi connectivity index (χ1n) is 5.02. The minimum atomic E-state index is 0.657. The molecule has 1 atom stereocenters. The van der Waals surface area contributed by atoms with E-state index in [1.54, 1.807) is 12.5 Å². The average molecular weight is 192 g/mol. The van der Waals surface area contributed by atoms with Crippen molar-refractivity contribution in [2.24, 2.45) is 0 Å². The highest BCUT2D eigenvalue weighted by atomic mass is 15.2. The molecule has 1 aromatic rings. The van der Waals surface area contributed by atoms with Crippen LogP contribution in [0.25, 0.3) is 0 Å². The molecule has 1 aliphatic heterocycles. The average Bonchev–Trinajstić information content (AvgIpc) is 2.72. The molecule has 1 aromatic heterocycles. The number of likely N-dealkylation sites (N-methyl/N-ethyl adjacent to an activating group) is 1. The van der Waals surface area contributed by atoms with Crippen LogP contribution < -0.4 is 5.32 Å². The van der Waals surface area contributed by atoms with Gasteiger partial charge in [0.25, 0.3) is 0 Å². The molecule has 76 valence electrons. The van der Waals surface area contributed by atoms with Crippen molar-refractivity contribution in [2.45, 2.75) is 19.0 Å².